The number of methoxy groups -OCH3 is 1. The molecule has 0 radical (unpaired) electrons. The van der Waals surface area contributed by atoms with Crippen LogP contribution in [-0.2, 0) is 11.4 Å². The van der Waals surface area contributed by atoms with E-state index >= 15 is 0 Å². The molecule has 3 rings (SSSR count). The molecule has 0 unspecified atom stereocenters. The van der Waals surface area contributed by atoms with Crippen LogP contribution in [0.3, 0.4) is 0 Å². The molecule has 0 spiro atoms. The Morgan fingerprint density at radius 3 is 2.59 bits per heavy atom. The number of hydrazone groups is 1. The maximum Gasteiger partial charge on any atom is 0.371 e. The van der Waals surface area contributed by atoms with Crippen LogP contribution in [0.2, 0.25) is 0 Å². The Balaban J connectivity index is 1.50. The molecule has 1 aromatic heterocycles. The number of aromatic carboxylic acids is 1. The Hall–Kier alpha value is -4.32. The number of nitrogens with one attached hydrogen (secondary N) is 1. The van der Waals surface area contributed by atoms with Crippen LogP contribution in [0.5, 0.6) is 11.5 Å². The van der Waals surface area contributed by atoms with Crippen molar-refractivity contribution in [3.8, 4) is 11.5 Å². The summed E-state index contributed by atoms with van der Waals surface area (Å²) in [5.41, 5.74) is 3.03. The Kier molecular flexibility index (Phi) is 8.24. The highest BCUT2D eigenvalue weighted by Gasteiger charge is 2.11. The molecule has 0 atom stereocenters. The number of nitro benzene ring substituents is 1. The molecule has 11 nitrogen and oxygen atoms in total. The number of nitro groups is 1. The zero-order valence-corrected chi connectivity index (χ0v) is 18.6. The van der Waals surface area contributed by atoms with E-state index < -0.39 is 10.9 Å². The molecular weight excluding hydrogens is 466 g/mol. The van der Waals surface area contributed by atoms with Crippen molar-refractivity contribution in [1.82, 2.24) is 5.43 Å². The van der Waals surface area contributed by atoms with Crippen LogP contribution in [0.1, 0.15) is 21.9 Å². The van der Waals surface area contributed by atoms with E-state index in [9.17, 15) is 19.7 Å². The lowest BCUT2D eigenvalue weighted by atomic mass is 10.2. The minimum atomic E-state index is -1.16. The maximum absolute atomic E-state index is 12.0. The molecule has 1 amide bonds. The van der Waals surface area contributed by atoms with Crippen LogP contribution in [0.25, 0.3) is 0 Å². The number of benzene rings is 2. The van der Waals surface area contributed by atoms with Gasteiger partial charge in [0.15, 0.2) is 11.5 Å². The first-order chi connectivity index (χ1) is 16.4. The van der Waals surface area contributed by atoms with Gasteiger partial charge in [0.25, 0.3) is 5.69 Å². The molecule has 1 heterocycles. The van der Waals surface area contributed by atoms with Crippen LogP contribution >= 0.6 is 11.8 Å². The lowest BCUT2D eigenvalue weighted by Crippen LogP contribution is -2.19. The third kappa shape index (κ3) is 6.84. The number of ether oxygens (including phenoxy) is 2. The minimum absolute atomic E-state index is 0.0135. The van der Waals surface area contributed by atoms with E-state index in [1.165, 1.54) is 49.4 Å². The molecule has 0 saturated carbocycles. The van der Waals surface area contributed by atoms with Gasteiger partial charge in [-0.1, -0.05) is 0 Å². The summed E-state index contributed by atoms with van der Waals surface area (Å²) in [6, 6.07) is 13.8. The maximum atomic E-state index is 12.0. The number of hydrogen-bond donors (Lipinski definition) is 2. The molecule has 2 aromatic carbocycles. The lowest BCUT2D eigenvalue weighted by Gasteiger charge is -2.10. The quantitative estimate of drug-likeness (QED) is 0.179. The number of carbonyl (C=O) groups is 2. The van der Waals surface area contributed by atoms with E-state index in [0.29, 0.717) is 22.8 Å². The van der Waals surface area contributed by atoms with Crippen LogP contribution in [0.15, 0.2) is 69.0 Å². The average molecular weight is 485 g/mol. The van der Waals surface area contributed by atoms with Gasteiger partial charge < -0.3 is 19.0 Å². The molecule has 0 aliphatic rings. The number of carboxylic acid groups (broad SMARTS) is 1. The zero-order chi connectivity index (χ0) is 24.5. The molecule has 3 aromatic rings. The zero-order valence-electron chi connectivity index (χ0n) is 17.8. The van der Waals surface area contributed by atoms with Gasteiger partial charge >= 0.3 is 5.97 Å². The predicted molar refractivity (Wildman–Crippen MR) is 123 cm³/mol. The number of carboxylic acids is 1. The first-order valence-electron chi connectivity index (χ1n) is 9.67. The Morgan fingerprint density at radius 1 is 1.18 bits per heavy atom. The standard InChI is InChI=1S/C22H19N3O8S/c1-31-20-10-14(2-8-18(20)32-12-16-5-9-19(33-16)22(27)28)11-23-24-21(26)13-34-17-6-3-15(4-7-17)25(29)30/h2-11H,12-13H2,1H3,(H,24,26)(H,27,28). The Morgan fingerprint density at radius 2 is 1.94 bits per heavy atom. The van der Waals surface area contributed by atoms with Crippen molar-refractivity contribution >= 4 is 35.5 Å². The summed E-state index contributed by atoms with van der Waals surface area (Å²) in [5, 5.41) is 23.5. The van der Waals surface area contributed by atoms with Gasteiger partial charge in [-0.2, -0.15) is 5.10 Å². The second-order valence-corrected chi connectivity index (χ2v) is 7.65. The largest absolute Gasteiger partial charge is 0.493 e. The first-order valence-corrected chi connectivity index (χ1v) is 10.7. The highest BCUT2D eigenvalue weighted by molar-refractivity contribution is 8.00. The van der Waals surface area contributed by atoms with Crippen molar-refractivity contribution in [3.05, 3.63) is 81.8 Å². The molecule has 176 valence electrons. The van der Waals surface area contributed by atoms with Gasteiger partial charge in [-0.05, 0) is 48.0 Å². The van der Waals surface area contributed by atoms with Crippen LogP contribution < -0.4 is 14.9 Å². The fourth-order valence-electron chi connectivity index (χ4n) is 2.63. The van der Waals surface area contributed by atoms with E-state index in [1.54, 1.807) is 30.3 Å². The molecule has 12 heteroatoms. The van der Waals surface area contributed by atoms with E-state index in [0.717, 1.165) is 4.90 Å². The van der Waals surface area contributed by atoms with Gasteiger partial charge in [0.1, 0.15) is 12.4 Å². The smallest absolute Gasteiger partial charge is 0.371 e. The highest BCUT2D eigenvalue weighted by atomic mass is 32.2. The number of nitrogens with zero attached hydrogens (tertiary/aromatic N) is 2. The van der Waals surface area contributed by atoms with Crippen molar-refractivity contribution < 1.29 is 33.5 Å². The van der Waals surface area contributed by atoms with E-state index in [2.05, 4.69) is 10.5 Å². The number of amides is 1. The van der Waals surface area contributed by atoms with Crippen molar-refractivity contribution in [2.45, 2.75) is 11.5 Å². The summed E-state index contributed by atoms with van der Waals surface area (Å²) in [5.74, 6) is -0.424. The highest BCUT2D eigenvalue weighted by Crippen LogP contribution is 2.28. The number of rotatable bonds is 11. The molecule has 0 aliphatic carbocycles. The molecule has 0 fully saturated rings. The van der Waals surface area contributed by atoms with Gasteiger partial charge in [0, 0.05) is 17.0 Å². The predicted octanol–water partition coefficient (Wildman–Crippen LogP) is 3.72. The molecular formula is C22H19N3O8S. The molecule has 0 bridgehead atoms. The fourth-order valence-corrected chi connectivity index (χ4v) is 3.32. The molecule has 0 aliphatic heterocycles. The Bertz CT molecular complexity index is 1210. The van der Waals surface area contributed by atoms with Crippen molar-refractivity contribution in [1.29, 1.82) is 0 Å². The second kappa shape index (κ2) is 11.5. The monoisotopic (exact) mass is 485 g/mol. The van der Waals surface area contributed by atoms with E-state index in [4.69, 9.17) is 19.0 Å². The number of hydrogen-bond acceptors (Lipinski definition) is 9. The Labute approximate surface area is 197 Å². The third-order valence-electron chi connectivity index (χ3n) is 4.25. The average Bonchev–Trinajstić information content (AvgIpc) is 3.31. The van der Waals surface area contributed by atoms with Crippen molar-refractivity contribution in [3.63, 3.8) is 0 Å². The van der Waals surface area contributed by atoms with E-state index in [-0.39, 0.29) is 29.7 Å². The van der Waals surface area contributed by atoms with Crippen LogP contribution in [-0.4, -0.2) is 41.0 Å². The summed E-state index contributed by atoms with van der Waals surface area (Å²) in [6.07, 6.45) is 1.44. The summed E-state index contributed by atoms with van der Waals surface area (Å²) in [4.78, 5) is 33.8. The minimum Gasteiger partial charge on any atom is -0.493 e. The summed E-state index contributed by atoms with van der Waals surface area (Å²) in [7, 11) is 1.47. The topological polar surface area (TPSA) is 154 Å². The van der Waals surface area contributed by atoms with Crippen LogP contribution in [0.4, 0.5) is 5.69 Å². The van der Waals surface area contributed by atoms with Crippen LogP contribution in [0, 0.1) is 10.1 Å². The second-order valence-electron chi connectivity index (χ2n) is 6.60. The van der Waals surface area contributed by atoms with Crippen molar-refractivity contribution in [2.24, 2.45) is 5.10 Å². The van der Waals surface area contributed by atoms with Crippen molar-refractivity contribution in [2.75, 3.05) is 12.9 Å². The van der Waals surface area contributed by atoms with Gasteiger partial charge in [-0.25, -0.2) is 10.2 Å². The summed E-state index contributed by atoms with van der Waals surface area (Å²) in [6.45, 7) is 0.0135. The first kappa shape index (κ1) is 24.3. The number of furan rings is 1. The van der Waals surface area contributed by atoms with Gasteiger partial charge in [0.05, 0.1) is 24.0 Å². The van der Waals surface area contributed by atoms with Gasteiger partial charge in [-0.3, -0.25) is 14.9 Å². The van der Waals surface area contributed by atoms with Gasteiger partial charge in [0.2, 0.25) is 11.7 Å². The number of thioether (sulfide) groups is 1. The SMILES string of the molecule is COc1cc(C=NNC(=O)CSc2ccc([N+](=O)[O-])cc2)ccc1OCc1ccc(C(=O)O)o1. The lowest BCUT2D eigenvalue weighted by molar-refractivity contribution is -0.384. The number of non-ortho nitro benzene ring substituents is 1. The normalized spacial score (nSPS) is 10.7. The third-order valence-corrected chi connectivity index (χ3v) is 5.26. The summed E-state index contributed by atoms with van der Waals surface area (Å²) >= 11 is 1.22. The molecule has 2 N–H and O–H groups in total. The summed E-state index contributed by atoms with van der Waals surface area (Å²) < 4.78 is 16.1. The van der Waals surface area contributed by atoms with E-state index in [1.807, 2.05) is 0 Å². The molecule has 0 saturated heterocycles. The van der Waals surface area contributed by atoms with Gasteiger partial charge in [-0.15, -0.1) is 11.8 Å². The number of carbonyl (C=O) groups excluding carboxylic acids is 1. The fraction of sp³-hybridized carbons (Fsp3) is 0.136. The molecule has 34 heavy (non-hydrogen) atoms.